The lowest BCUT2D eigenvalue weighted by Gasteiger charge is -2.11. The SMILES string of the molecule is C=C/C=C(\C=C(/C)C(=O)O)C(=O)Nc1ccc(-c2ccc(NC)c(O)c2)cc1O. The molecular weight excluding hydrogens is 372 g/mol. The molecule has 7 heteroatoms. The number of aromatic hydroxyl groups is 2. The Labute approximate surface area is 168 Å². The van der Waals surface area contributed by atoms with Crippen molar-refractivity contribution in [2.75, 3.05) is 17.7 Å². The van der Waals surface area contributed by atoms with Crippen molar-refractivity contribution < 1.29 is 24.9 Å². The van der Waals surface area contributed by atoms with Crippen LogP contribution in [0.3, 0.4) is 0 Å². The third-order valence-electron chi connectivity index (χ3n) is 4.12. The van der Waals surface area contributed by atoms with Gasteiger partial charge in [-0.15, -0.1) is 0 Å². The van der Waals surface area contributed by atoms with Gasteiger partial charge in [0.1, 0.15) is 11.5 Å². The van der Waals surface area contributed by atoms with E-state index in [4.69, 9.17) is 5.11 Å². The van der Waals surface area contributed by atoms with Crippen molar-refractivity contribution in [2.45, 2.75) is 6.92 Å². The number of hydrogen-bond acceptors (Lipinski definition) is 5. The normalized spacial score (nSPS) is 11.7. The van der Waals surface area contributed by atoms with Gasteiger partial charge in [0.2, 0.25) is 0 Å². The molecule has 2 rings (SSSR count). The number of allylic oxidation sites excluding steroid dienone is 2. The van der Waals surface area contributed by atoms with Gasteiger partial charge in [0.15, 0.2) is 0 Å². The van der Waals surface area contributed by atoms with E-state index in [2.05, 4.69) is 17.2 Å². The third-order valence-corrected chi connectivity index (χ3v) is 4.12. The maximum Gasteiger partial charge on any atom is 0.331 e. The second-order valence-corrected chi connectivity index (χ2v) is 6.16. The van der Waals surface area contributed by atoms with E-state index in [9.17, 15) is 19.8 Å². The Morgan fingerprint density at radius 1 is 1.00 bits per heavy atom. The predicted molar refractivity (Wildman–Crippen MR) is 113 cm³/mol. The molecule has 0 heterocycles. The van der Waals surface area contributed by atoms with Gasteiger partial charge in [0, 0.05) is 18.2 Å². The van der Waals surface area contributed by atoms with Crippen LogP contribution in [-0.4, -0.2) is 34.2 Å². The van der Waals surface area contributed by atoms with Gasteiger partial charge in [0.25, 0.3) is 5.91 Å². The van der Waals surface area contributed by atoms with Crippen molar-refractivity contribution in [2.24, 2.45) is 0 Å². The van der Waals surface area contributed by atoms with Crippen LogP contribution in [0.2, 0.25) is 0 Å². The quantitative estimate of drug-likeness (QED) is 0.276. The lowest BCUT2D eigenvalue weighted by Crippen LogP contribution is -2.14. The molecule has 0 aromatic heterocycles. The van der Waals surface area contributed by atoms with E-state index in [0.29, 0.717) is 16.8 Å². The maximum atomic E-state index is 12.5. The number of nitrogens with one attached hydrogen (secondary N) is 2. The summed E-state index contributed by atoms with van der Waals surface area (Å²) in [5, 5.41) is 34.7. The molecule has 0 aliphatic heterocycles. The topological polar surface area (TPSA) is 119 Å². The summed E-state index contributed by atoms with van der Waals surface area (Å²) in [5.74, 6) is -1.84. The third kappa shape index (κ3) is 5.26. The van der Waals surface area contributed by atoms with Gasteiger partial charge >= 0.3 is 5.97 Å². The number of hydrogen-bond donors (Lipinski definition) is 5. The van der Waals surface area contributed by atoms with Crippen LogP contribution in [0.15, 0.2) is 72.4 Å². The number of aliphatic carboxylic acids is 1. The first kappa shape index (κ1) is 21.3. The molecule has 1 amide bonds. The minimum atomic E-state index is -1.15. The molecule has 7 nitrogen and oxygen atoms in total. The van der Waals surface area contributed by atoms with Crippen LogP contribution in [-0.2, 0) is 9.59 Å². The number of amides is 1. The summed E-state index contributed by atoms with van der Waals surface area (Å²) in [4.78, 5) is 23.5. The fourth-order valence-corrected chi connectivity index (χ4v) is 2.55. The fourth-order valence-electron chi connectivity index (χ4n) is 2.55. The number of benzene rings is 2. The lowest BCUT2D eigenvalue weighted by molar-refractivity contribution is -0.132. The highest BCUT2D eigenvalue weighted by atomic mass is 16.4. The first-order valence-electron chi connectivity index (χ1n) is 8.66. The highest BCUT2D eigenvalue weighted by Gasteiger charge is 2.13. The minimum Gasteiger partial charge on any atom is -0.506 e. The molecule has 0 saturated carbocycles. The minimum absolute atomic E-state index is 0.0161. The van der Waals surface area contributed by atoms with Gasteiger partial charge in [-0.3, -0.25) is 4.79 Å². The molecular formula is C22H22N2O5. The molecule has 150 valence electrons. The van der Waals surface area contributed by atoms with E-state index in [1.165, 1.54) is 37.3 Å². The lowest BCUT2D eigenvalue weighted by atomic mass is 10.0. The van der Waals surface area contributed by atoms with E-state index < -0.39 is 11.9 Å². The van der Waals surface area contributed by atoms with E-state index in [-0.39, 0.29) is 28.3 Å². The smallest absolute Gasteiger partial charge is 0.331 e. The first-order chi connectivity index (χ1) is 13.8. The average molecular weight is 394 g/mol. The van der Waals surface area contributed by atoms with Crippen molar-refractivity contribution in [1.82, 2.24) is 0 Å². The van der Waals surface area contributed by atoms with Crippen molar-refractivity contribution in [3.8, 4) is 22.6 Å². The molecule has 0 fully saturated rings. The zero-order valence-corrected chi connectivity index (χ0v) is 16.1. The number of rotatable bonds is 7. The van der Waals surface area contributed by atoms with Crippen molar-refractivity contribution in [1.29, 1.82) is 0 Å². The molecule has 0 bridgehead atoms. The Morgan fingerprint density at radius 3 is 2.00 bits per heavy atom. The van der Waals surface area contributed by atoms with Crippen LogP contribution in [0.4, 0.5) is 11.4 Å². The van der Waals surface area contributed by atoms with Gasteiger partial charge in [0.05, 0.1) is 11.4 Å². The van der Waals surface area contributed by atoms with Gasteiger partial charge < -0.3 is 26.0 Å². The molecule has 0 unspecified atom stereocenters. The van der Waals surface area contributed by atoms with Crippen molar-refractivity contribution in [3.05, 3.63) is 72.4 Å². The molecule has 5 N–H and O–H groups in total. The summed E-state index contributed by atoms with van der Waals surface area (Å²) < 4.78 is 0. The standard InChI is InChI=1S/C22H22N2O5/c1-4-5-16(10-13(2)22(28)29)21(27)24-18-9-7-15(12-20(18)26)14-6-8-17(23-3)19(25)11-14/h4-12,23,25-26H,1H2,2-3H3,(H,24,27)(H,28,29)/b13-10+,16-5+. The van der Waals surface area contributed by atoms with Crippen molar-refractivity contribution >= 4 is 23.3 Å². The molecule has 0 atom stereocenters. The van der Waals surface area contributed by atoms with Gasteiger partial charge in [-0.1, -0.05) is 30.9 Å². The summed E-state index contributed by atoms with van der Waals surface area (Å²) in [6.07, 6.45) is 3.96. The molecule has 2 aromatic carbocycles. The van der Waals surface area contributed by atoms with Crippen LogP contribution in [0, 0.1) is 0 Å². The van der Waals surface area contributed by atoms with Gasteiger partial charge in [-0.25, -0.2) is 4.79 Å². The summed E-state index contributed by atoms with van der Waals surface area (Å²) in [5.41, 5.74) is 2.12. The van der Waals surface area contributed by atoms with Gasteiger partial charge in [-0.05, 0) is 48.4 Å². The number of carboxylic acids is 1. The molecule has 2 aromatic rings. The molecule has 0 aliphatic rings. The highest BCUT2D eigenvalue weighted by Crippen LogP contribution is 2.34. The van der Waals surface area contributed by atoms with E-state index in [1.54, 1.807) is 31.3 Å². The van der Waals surface area contributed by atoms with E-state index >= 15 is 0 Å². The van der Waals surface area contributed by atoms with Crippen LogP contribution >= 0.6 is 0 Å². The number of anilines is 2. The van der Waals surface area contributed by atoms with E-state index in [1.807, 2.05) is 0 Å². The predicted octanol–water partition coefficient (Wildman–Crippen LogP) is 3.89. The second-order valence-electron chi connectivity index (χ2n) is 6.16. The number of carbonyl (C=O) groups excluding carboxylic acids is 1. The Morgan fingerprint density at radius 2 is 1.55 bits per heavy atom. The summed E-state index contributed by atoms with van der Waals surface area (Å²) >= 11 is 0. The number of carboxylic acid groups (broad SMARTS) is 1. The Bertz CT molecular complexity index is 1020. The first-order valence-corrected chi connectivity index (χ1v) is 8.66. The average Bonchev–Trinajstić information content (AvgIpc) is 2.68. The molecule has 0 radical (unpaired) electrons. The van der Waals surface area contributed by atoms with Crippen molar-refractivity contribution in [3.63, 3.8) is 0 Å². The number of phenolic OH excluding ortho intramolecular Hbond substituents is 2. The van der Waals surface area contributed by atoms with Crippen LogP contribution in [0.5, 0.6) is 11.5 Å². The van der Waals surface area contributed by atoms with Crippen LogP contribution < -0.4 is 10.6 Å². The van der Waals surface area contributed by atoms with Crippen LogP contribution in [0.1, 0.15) is 6.92 Å². The largest absolute Gasteiger partial charge is 0.506 e. The maximum absolute atomic E-state index is 12.5. The van der Waals surface area contributed by atoms with Crippen LogP contribution in [0.25, 0.3) is 11.1 Å². The molecule has 0 saturated heterocycles. The number of phenols is 2. The summed E-state index contributed by atoms with van der Waals surface area (Å²) in [6.45, 7) is 4.89. The second kappa shape index (κ2) is 9.27. The Kier molecular flexibility index (Phi) is 6.81. The Balaban J connectivity index is 2.28. The Hall–Kier alpha value is -4.00. The zero-order chi connectivity index (χ0) is 21.6. The monoisotopic (exact) mass is 394 g/mol. The number of carbonyl (C=O) groups is 2. The summed E-state index contributed by atoms with van der Waals surface area (Å²) in [6, 6.07) is 9.70. The zero-order valence-electron chi connectivity index (χ0n) is 16.1. The van der Waals surface area contributed by atoms with E-state index in [0.717, 1.165) is 0 Å². The molecule has 29 heavy (non-hydrogen) atoms. The molecule has 0 spiro atoms. The highest BCUT2D eigenvalue weighted by molar-refractivity contribution is 6.07. The summed E-state index contributed by atoms with van der Waals surface area (Å²) in [7, 11) is 1.69. The fraction of sp³-hybridized carbons (Fsp3) is 0.0909. The molecule has 0 aliphatic carbocycles. The van der Waals surface area contributed by atoms with Gasteiger partial charge in [-0.2, -0.15) is 0 Å².